The van der Waals surface area contributed by atoms with Gasteiger partial charge in [-0.25, -0.2) is 0 Å². The van der Waals surface area contributed by atoms with Crippen LogP contribution < -0.4 is 10.2 Å². The molecule has 0 aromatic heterocycles. The molecule has 0 radical (unpaired) electrons. The fourth-order valence-electron chi connectivity index (χ4n) is 3.17. The molecule has 2 aromatic carbocycles. The molecule has 0 aliphatic carbocycles. The van der Waals surface area contributed by atoms with Gasteiger partial charge < -0.3 is 10.2 Å². The van der Waals surface area contributed by atoms with Gasteiger partial charge in [0.15, 0.2) is 0 Å². The van der Waals surface area contributed by atoms with E-state index in [9.17, 15) is 0 Å². The Kier molecular flexibility index (Phi) is 4.61. The van der Waals surface area contributed by atoms with Crippen molar-refractivity contribution in [3.63, 3.8) is 0 Å². The van der Waals surface area contributed by atoms with Gasteiger partial charge in [-0.2, -0.15) is 0 Å². The molecule has 3 rings (SSSR count). The van der Waals surface area contributed by atoms with E-state index in [1.54, 1.807) is 0 Å². The molecule has 21 heavy (non-hydrogen) atoms. The van der Waals surface area contributed by atoms with E-state index in [0.29, 0.717) is 5.92 Å². The molecule has 1 aliphatic rings. The Balaban J connectivity index is 1.80. The van der Waals surface area contributed by atoms with Crippen LogP contribution in [0.3, 0.4) is 0 Å². The van der Waals surface area contributed by atoms with Gasteiger partial charge in [-0.15, -0.1) is 0 Å². The summed E-state index contributed by atoms with van der Waals surface area (Å²) >= 11 is 3.58. The lowest BCUT2D eigenvalue weighted by Gasteiger charge is -2.22. The first kappa shape index (κ1) is 14.6. The molecule has 1 unspecified atom stereocenters. The number of nitrogens with one attached hydrogen (secondary N) is 1. The summed E-state index contributed by atoms with van der Waals surface area (Å²) in [6, 6.07) is 17.5. The number of hydrogen-bond donors (Lipinski definition) is 1. The van der Waals surface area contributed by atoms with Crippen LogP contribution in [-0.4, -0.2) is 20.1 Å². The second-order valence-electron chi connectivity index (χ2n) is 5.65. The molecule has 3 heteroatoms. The third-order valence-corrected chi connectivity index (χ3v) is 4.70. The van der Waals surface area contributed by atoms with Gasteiger partial charge in [-0.1, -0.05) is 46.3 Å². The van der Waals surface area contributed by atoms with Gasteiger partial charge in [-0.3, -0.25) is 0 Å². The molecule has 1 aliphatic heterocycles. The Morgan fingerprint density at radius 1 is 1.19 bits per heavy atom. The Hall–Kier alpha value is -1.32. The van der Waals surface area contributed by atoms with Gasteiger partial charge in [0.1, 0.15) is 0 Å². The number of anilines is 1. The van der Waals surface area contributed by atoms with Crippen molar-refractivity contribution in [2.75, 3.05) is 25.0 Å². The Labute approximate surface area is 135 Å². The minimum atomic E-state index is 0.650. The molecule has 0 spiro atoms. The Morgan fingerprint density at radius 3 is 2.76 bits per heavy atom. The third-order valence-electron chi connectivity index (χ3n) is 4.21. The number of nitrogens with zero attached hydrogens (tertiary/aromatic N) is 1. The maximum atomic E-state index is 3.58. The highest BCUT2D eigenvalue weighted by Gasteiger charge is 2.25. The summed E-state index contributed by atoms with van der Waals surface area (Å²) in [5.74, 6) is 0.650. The molecule has 1 saturated heterocycles. The van der Waals surface area contributed by atoms with Crippen molar-refractivity contribution in [3.05, 3.63) is 64.1 Å². The van der Waals surface area contributed by atoms with Gasteiger partial charge in [0, 0.05) is 35.7 Å². The van der Waals surface area contributed by atoms with E-state index in [4.69, 9.17) is 0 Å². The standard InChI is InChI=1S/C18H21BrN2/c1-20-12-16-11-17(19)7-8-18(16)21-10-9-15(13-21)14-5-3-2-4-6-14/h2-8,11,15,20H,9-10,12-13H2,1H3. The van der Waals surface area contributed by atoms with Crippen LogP contribution in [0.5, 0.6) is 0 Å². The molecule has 0 amide bonds. The van der Waals surface area contributed by atoms with Gasteiger partial charge in [0.2, 0.25) is 0 Å². The molecule has 0 saturated carbocycles. The normalized spacial score (nSPS) is 18.2. The summed E-state index contributed by atoms with van der Waals surface area (Å²) < 4.78 is 1.15. The van der Waals surface area contributed by atoms with Crippen molar-refractivity contribution in [1.29, 1.82) is 0 Å². The molecule has 0 bridgehead atoms. The molecular weight excluding hydrogens is 324 g/mol. The summed E-state index contributed by atoms with van der Waals surface area (Å²) in [6.07, 6.45) is 1.24. The van der Waals surface area contributed by atoms with Crippen LogP contribution >= 0.6 is 15.9 Å². The predicted octanol–water partition coefficient (Wildman–Crippen LogP) is 4.16. The van der Waals surface area contributed by atoms with Crippen LogP contribution in [0.4, 0.5) is 5.69 Å². The molecule has 1 atom stereocenters. The molecular formula is C18H21BrN2. The lowest BCUT2D eigenvalue weighted by molar-refractivity contribution is 0.773. The second-order valence-corrected chi connectivity index (χ2v) is 6.56. The SMILES string of the molecule is CNCc1cc(Br)ccc1N1CCC(c2ccccc2)C1. The highest BCUT2D eigenvalue weighted by molar-refractivity contribution is 9.10. The number of rotatable bonds is 4. The molecule has 1 heterocycles. The first-order valence-corrected chi connectivity index (χ1v) is 8.30. The summed E-state index contributed by atoms with van der Waals surface area (Å²) in [7, 11) is 2.00. The topological polar surface area (TPSA) is 15.3 Å². The fourth-order valence-corrected chi connectivity index (χ4v) is 3.58. The van der Waals surface area contributed by atoms with E-state index in [1.165, 1.54) is 23.2 Å². The van der Waals surface area contributed by atoms with Gasteiger partial charge in [0.25, 0.3) is 0 Å². The molecule has 1 fully saturated rings. The fraction of sp³-hybridized carbons (Fsp3) is 0.333. The average Bonchev–Trinajstić information content (AvgIpc) is 2.98. The first-order chi connectivity index (χ1) is 10.3. The first-order valence-electron chi connectivity index (χ1n) is 7.51. The van der Waals surface area contributed by atoms with E-state index in [2.05, 4.69) is 74.7 Å². The summed E-state index contributed by atoms with van der Waals surface area (Å²) in [4.78, 5) is 2.52. The Morgan fingerprint density at radius 2 is 2.00 bits per heavy atom. The van der Waals surface area contributed by atoms with Crippen LogP contribution in [0.1, 0.15) is 23.5 Å². The van der Waals surface area contributed by atoms with E-state index < -0.39 is 0 Å². The third kappa shape index (κ3) is 3.30. The monoisotopic (exact) mass is 344 g/mol. The summed E-state index contributed by atoms with van der Waals surface area (Å²) in [6.45, 7) is 3.15. The largest absolute Gasteiger partial charge is 0.371 e. The van der Waals surface area contributed by atoms with Crippen LogP contribution in [0, 0.1) is 0 Å². The minimum absolute atomic E-state index is 0.650. The number of halogens is 1. The van der Waals surface area contributed by atoms with E-state index in [-0.39, 0.29) is 0 Å². The Bertz CT molecular complexity index is 597. The average molecular weight is 345 g/mol. The zero-order chi connectivity index (χ0) is 14.7. The van der Waals surface area contributed by atoms with Gasteiger partial charge >= 0.3 is 0 Å². The second kappa shape index (κ2) is 6.63. The zero-order valence-electron chi connectivity index (χ0n) is 12.3. The predicted molar refractivity (Wildman–Crippen MR) is 92.9 cm³/mol. The lowest BCUT2D eigenvalue weighted by Crippen LogP contribution is -2.22. The van der Waals surface area contributed by atoms with E-state index in [0.717, 1.165) is 24.1 Å². The maximum Gasteiger partial charge on any atom is 0.0412 e. The highest BCUT2D eigenvalue weighted by Crippen LogP contribution is 2.33. The van der Waals surface area contributed by atoms with Crippen molar-refractivity contribution >= 4 is 21.6 Å². The van der Waals surface area contributed by atoms with Gasteiger partial charge in [-0.05, 0) is 42.8 Å². The van der Waals surface area contributed by atoms with Crippen molar-refractivity contribution in [1.82, 2.24) is 5.32 Å². The number of hydrogen-bond acceptors (Lipinski definition) is 2. The highest BCUT2D eigenvalue weighted by atomic mass is 79.9. The van der Waals surface area contributed by atoms with E-state index in [1.807, 2.05) is 7.05 Å². The maximum absolute atomic E-state index is 3.58. The lowest BCUT2D eigenvalue weighted by atomic mass is 9.99. The van der Waals surface area contributed by atoms with Crippen molar-refractivity contribution in [2.45, 2.75) is 18.9 Å². The molecule has 2 aromatic rings. The van der Waals surface area contributed by atoms with Crippen LogP contribution in [0.15, 0.2) is 53.0 Å². The zero-order valence-corrected chi connectivity index (χ0v) is 13.9. The smallest absolute Gasteiger partial charge is 0.0412 e. The van der Waals surface area contributed by atoms with Crippen molar-refractivity contribution in [3.8, 4) is 0 Å². The van der Waals surface area contributed by atoms with Crippen molar-refractivity contribution < 1.29 is 0 Å². The minimum Gasteiger partial charge on any atom is -0.371 e. The summed E-state index contributed by atoms with van der Waals surface area (Å²) in [5, 5.41) is 3.27. The number of benzene rings is 2. The van der Waals surface area contributed by atoms with Gasteiger partial charge in [0.05, 0.1) is 0 Å². The quantitative estimate of drug-likeness (QED) is 0.895. The van der Waals surface area contributed by atoms with Crippen LogP contribution in [0.25, 0.3) is 0 Å². The van der Waals surface area contributed by atoms with Crippen LogP contribution in [0.2, 0.25) is 0 Å². The van der Waals surface area contributed by atoms with Crippen molar-refractivity contribution in [2.24, 2.45) is 0 Å². The molecule has 110 valence electrons. The summed E-state index contributed by atoms with van der Waals surface area (Å²) in [5.41, 5.74) is 4.19. The molecule has 2 nitrogen and oxygen atoms in total. The molecule has 1 N–H and O–H groups in total. The van der Waals surface area contributed by atoms with Crippen LogP contribution in [-0.2, 0) is 6.54 Å². The van der Waals surface area contributed by atoms with E-state index >= 15 is 0 Å².